The Hall–Kier alpha value is -1.36. The molecule has 1 aliphatic heterocycles. The van der Waals surface area contributed by atoms with E-state index < -0.39 is 0 Å². The Morgan fingerprint density at radius 1 is 1.39 bits per heavy atom. The summed E-state index contributed by atoms with van der Waals surface area (Å²) in [6, 6.07) is -0.134. The molecule has 0 bridgehead atoms. The fraction of sp³-hybridized carbons (Fsp3) is 0.692. The molecular weight excluding hydrogens is 232 g/mol. The molecule has 0 saturated heterocycles. The van der Waals surface area contributed by atoms with Gasteiger partial charge in [0.15, 0.2) is 0 Å². The molecule has 0 saturated carbocycles. The lowest BCUT2D eigenvalue weighted by molar-refractivity contribution is -0.127. The van der Waals surface area contributed by atoms with Crippen LogP contribution < -0.4 is 10.6 Å². The minimum Gasteiger partial charge on any atom is -0.379 e. The molecule has 0 aliphatic carbocycles. The van der Waals surface area contributed by atoms with Gasteiger partial charge < -0.3 is 15.4 Å². The highest BCUT2D eigenvalue weighted by atomic mass is 16.5. The lowest BCUT2D eigenvalue weighted by Crippen LogP contribution is -2.42. The summed E-state index contributed by atoms with van der Waals surface area (Å²) in [4.78, 5) is 23.3. The smallest absolute Gasteiger partial charge is 0.243 e. The van der Waals surface area contributed by atoms with Crippen molar-refractivity contribution < 1.29 is 14.3 Å². The van der Waals surface area contributed by atoms with E-state index in [1.807, 2.05) is 20.8 Å². The molecule has 0 spiro atoms. The quantitative estimate of drug-likeness (QED) is 0.714. The lowest BCUT2D eigenvalue weighted by Gasteiger charge is -2.22. The topological polar surface area (TPSA) is 67.4 Å². The maximum atomic E-state index is 11.9. The molecule has 2 N–H and O–H groups in total. The van der Waals surface area contributed by atoms with Gasteiger partial charge >= 0.3 is 0 Å². The average Bonchev–Trinajstić information content (AvgIpc) is 2.31. The van der Waals surface area contributed by atoms with E-state index in [9.17, 15) is 9.59 Å². The van der Waals surface area contributed by atoms with Crippen LogP contribution in [0.5, 0.6) is 0 Å². The predicted molar refractivity (Wildman–Crippen MR) is 68.9 cm³/mol. The van der Waals surface area contributed by atoms with Gasteiger partial charge in [-0.15, -0.1) is 0 Å². The number of carbonyl (C=O) groups excluding carboxylic acids is 2. The van der Waals surface area contributed by atoms with Crippen molar-refractivity contribution >= 4 is 11.8 Å². The van der Waals surface area contributed by atoms with E-state index in [1.165, 1.54) is 6.08 Å². The number of rotatable bonds is 1. The molecule has 2 amide bonds. The van der Waals surface area contributed by atoms with Crippen LogP contribution in [0.1, 0.15) is 20.8 Å². The second-order valence-corrected chi connectivity index (χ2v) is 4.90. The molecule has 1 rings (SSSR count). The lowest BCUT2D eigenvalue weighted by atomic mass is 10.0. The Morgan fingerprint density at radius 3 is 2.78 bits per heavy atom. The van der Waals surface area contributed by atoms with E-state index in [0.717, 1.165) is 0 Å². The molecule has 102 valence electrons. The normalized spacial score (nSPS) is 28.9. The monoisotopic (exact) mass is 254 g/mol. The van der Waals surface area contributed by atoms with E-state index in [0.29, 0.717) is 19.8 Å². The Kier molecular flexibility index (Phi) is 5.85. The summed E-state index contributed by atoms with van der Waals surface area (Å²) in [5.74, 6) is -0.157. The van der Waals surface area contributed by atoms with Gasteiger partial charge in [0.1, 0.15) is 0 Å². The second-order valence-electron chi connectivity index (χ2n) is 4.90. The van der Waals surface area contributed by atoms with Crippen molar-refractivity contribution in [3.63, 3.8) is 0 Å². The molecule has 18 heavy (non-hydrogen) atoms. The van der Waals surface area contributed by atoms with Crippen LogP contribution in [0.25, 0.3) is 0 Å². The first-order valence-corrected chi connectivity index (χ1v) is 6.35. The number of hydrogen-bond donors (Lipinski definition) is 2. The fourth-order valence-electron chi connectivity index (χ4n) is 1.58. The molecule has 0 aromatic rings. The first-order valence-electron chi connectivity index (χ1n) is 6.35. The molecule has 0 fully saturated rings. The van der Waals surface area contributed by atoms with Crippen LogP contribution in [0.2, 0.25) is 0 Å². The van der Waals surface area contributed by atoms with E-state index in [-0.39, 0.29) is 29.7 Å². The molecule has 5 nitrogen and oxygen atoms in total. The van der Waals surface area contributed by atoms with Gasteiger partial charge in [0, 0.05) is 18.7 Å². The van der Waals surface area contributed by atoms with Crippen LogP contribution in [0.15, 0.2) is 12.2 Å². The second kappa shape index (κ2) is 7.16. The third-order valence-electron chi connectivity index (χ3n) is 2.84. The Morgan fingerprint density at radius 2 is 2.11 bits per heavy atom. The Balaban J connectivity index is 2.76. The highest BCUT2D eigenvalue weighted by molar-refractivity contribution is 5.87. The summed E-state index contributed by atoms with van der Waals surface area (Å²) in [6.07, 6.45) is 3.21. The van der Waals surface area contributed by atoms with Crippen molar-refractivity contribution in [2.45, 2.75) is 26.8 Å². The molecule has 0 aromatic carbocycles. The van der Waals surface area contributed by atoms with Gasteiger partial charge in [0.05, 0.1) is 19.1 Å². The van der Waals surface area contributed by atoms with Crippen LogP contribution >= 0.6 is 0 Å². The van der Waals surface area contributed by atoms with Gasteiger partial charge in [-0.3, -0.25) is 9.59 Å². The van der Waals surface area contributed by atoms with Gasteiger partial charge in [-0.2, -0.15) is 0 Å². The van der Waals surface area contributed by atoms with E-state index in [2.05, 4.69) is 10.6 Å². The first-order chi connectivity index (χ1) is 8.50. The average molecular weight is 254 g/mol. The van der Waals surface area contributed by atoms with E-state index in [1.54, 1.807) is 6.08 Å². The largest absolute Gasteiger partial charge is 0.379 e. The van der Waals surface area contributed by atoms with Crippen molar-refractivity contribution in [3.05, 3.63) is 12.2 Å². The minimum absolute atomic E-state index is 0.0423. The Bertz CT molecular complexity index is 326. The van der Waals surface area contributed by atoms with Gasteiger partial charge in [-0.05, 0) is 5.92 Å². The number of carbonyl (C=O) groups is 2. The number of hydrogen-bond acceptors (Lipinski definition) is 3. The summed E-state index contributed by atoms with van der Waals surface area (Å²) in [7, 11) is 0. The highest BCUT2D eigenvalue weighted by Crippen LogP contribution is 2.06. The van der Waals surface area contributed by atoms with Gasteiger partial charge in [-0.25, -0.2) is 0 Å². The third kappa shape index (κ3) is 4.87. The SMILES string of the molecule is CC(C)[C@H]1/C=C/C(=O)NCCOC[C@H](C)C(=O)N1. The molecular formula is C13H22N2O3. The first kappa shape index (κ1) is 14.7. The number of nitrogens with one attached hydrogen (secondary N) is 2. The summed E-state index contributed by atoms with van der Waals surface area (Å²) in [5.41, 5.74) is 0. The molecule has 1 aliphatic rings. The number of amides is 2. The van der Waals surface area contributed by atoms with Gasteiger partial charge in [0.2, 0.25) is 11.8 Å². The van der Waals surface area contributed by atoms with Crippen LogP contribution in [0.3, 0.4) is 0 Å². The van der Waals surface area contributed by atoms with Gasteiger partial charge in [0.25, 0.3) is 0 Å². The Labute approximate surface area is 108 Å². The standard InChI is InChI=1S/C13H22N2O3/c1-9(2)11-4-5-12(16)14-6-7-18-8-10(3)13(17)15-11/h4-5,9-11H,6-8H2,1-3H3,(H,14,16)(H,15,17)/b5-4+/t10-,11+/m0/s1. The molecule has 0 radical (unpaired) electrons. The molecule has 2 atom stereocenters. The van der Waals surface area contributed by atoms with E-state index >= 15 is 0 Å². The molecule has 0 unspecified atom stereocenters. The van der Waals surface area contributed by atoms with Crippen LogP contribution in [-0.4, -0.2) is 37.6 Å². The highest BCUT2D eigenvalue weighted by Gasteiger charge is 2.19. The van der Waals surface area contributed by atoms with Crippen molar-refractivity contribution in [3.8, 4) is 0 Å². The zero-order chi connectivity index (χ0) is 13.5. The van der Waals surface area contributed by atoms with E-state index in [4.69, 9.17) is 4.74 Å². The molecule has 1 heterocycles. The van der Waals surface area contributed by atoms with Crippen molar-refractivity contribution in [1.82, 2.24) is 10.6 Å². The third-order valence-corrected chi connectivity index (χ3v) is 2.84. The predicted octanol–water partition coefficient (Wildman–Crippen LogP) is 0.466. The van der Waals surface area contributed by atoms with Crippen molar-refractivity contribution in [2.24, 2.45) is 11.8 Å². The summed E-state index contributed by atoms with van der Waals surface area (Å²) >= 11 is 0. The zero-order valence-corrected chi connectivity index (χ0v) is 11.2. The van der Waals surface area contributed by atoms with Gasteiger partial charge in [-0.1, -0.05) is 26.8 Å². The van der Waals surface area contributed by atoms with Crippen LogP contribution in [-0.2, 0) is 14.3 Å². The fourth-order valence-corrected chi connectivity index (χ4v) is 1.58. The summed E-state index contributed by atoms with van der Waals surface area (Å²) in [6.45, 7) is 7.09. The summed E-state index contributed by atoms with van der Waals surface area (Å²) < 4.78 is 5.33. The summed E-state index contributed by atoms with van der Waals surface area (Å²) in [5, 5.41) is 5.64. The van der Waals surface area contributed by atoms with Crippen molar-refractivity contribution in [1.29, 1.82) is 0 Å². The zero-order valence-electron chi connectivity index (χ0n) is 11.2. The molecule has 5 heteroatoms. The van der Waals surface area contributed by atoms with Crippen LogP contribution in [0, 0.1) is 11.8 Å². The minimum atomic E-state index is -0.185. The number of ether oxygens (including phenoxy) is 1. The molecule has 0 aromatic heterocycles. The van der Waals surface area contributed by atoms with Crippen molar-refractivity contribution in [2.75, 3.05) is 19.8 Å². The maximum Gasteiger partial charge on any atom is 0.243 e. The maximum absolute atomic E-state index is 11.9. The van der Waals surface area contributed by atoms with Crippen LogP contribution in [0.4, 0.5) is 0 Å².